The largest absolute Gasteiger partial charge is 0.462 e. The average Bonchev–Trinajstić information content (AvgIpc) is 2.93. The number of hydrogen-bond acceptors (Lipinski definition) is 7. The molecule has 2 aromatic rings. The Hall–Kier alpha value is -2.99. The second kappa shape index (κ2) is 5.18. The summed E-state index contributed by atoms with van der Waals surface area (Å²) in [6, 6.07) is 3.35. The fraction of sp³-hybridized carbons (Fsp3) is 0.231. The molecule has 0 atom stereocenters. The Bertz CT molecular complexity index is 783. The van der Waals surface area contributed by atoms with Crippen LogP contribution in [0, 0.1) is 5.53 Å². The lowest BCUT2D eigenvalue weighted by molar-refractivity contribution is 0.0527. The number of esters is 1. The molecule has 1 aromatic carbocycles. The Balaban J connectivity index is 2.26. The fourth-order valence-electron chi connectivity index (χ4n) is 2.08. The van der Waals surface area contributed by atoms with E-state index in [1.807, 2.05) is 0 Å². The smallest absolute Gasteiger partial charge is 0.342 e. The Morgan fingerprint density at radius 2 is 2.24 bits per heavy atom. The molecule has 0 saturated carbocycles. The zero-order valence-corrected chi connectivity index (χ0v) is 11.1. The molecule has 0 bridgehead atoms. The van der Waals surface area contributed by atoms with Crippen molar-refractivity contribution in [2.75, 3.05) is 13.4 Å². The van der Waals surface area contributed by atoms with E-state index >= 15 is 0 Å². The molecular formula is C13H11N4O4+. The zero-order valence-electron chi connectivity index (χ0n) is 11.1. The molecule has 0 unspecified atom stereocenters. The van der Waals surface area contributed by atoms with E-state index in [2.05, 4.69) is 15.0 Å². The van der Waals surface area contributed by atoms with Gasteiger partial charge in [-0.15, -0.1) is 0 Å². The van der Waals surface area contributed by atoms with Gasteiger partial charge in [-0.3, -0.25) is 4.98 Å². The minimum Gasteiger partial charge on any atom is -0.462 e. The van der Waals surface area contributed by atoms with Gasteiger partial charge in [0.15, 0.2) is 22.3 Å². The molecule has 0 amide bonds. The number of rotatable bonds is 3. The summed E-state index contributed by atoms with van der Waals surface area (Å²) in [5.41, 5.74) is 7.88. The maximum Gasteiger partial charge on any atom is 0.342 e. The molecule has 8 heteroatoms. The van der Waals surface area contributed by atoms with E-state index in [-0.39, 0.29) is 24.7 Å². The number of hydrogen-bond donors (Lipinski definition) is 1. The van der Waals surface area contributed by atoms with Crippen molar-refractivity contribution >= 4 is 22.6 Å². The van der Waals surface area contributed by atoms with Crippen LogP contribution in [0.4, 0.5) is 5.69 Å². The maximum absolute atomic E-state index is 11.9. The normalized spacial score (nSPS) is 12.0. The van der Waals surface area contributed by atoms with Crippen molar-refractivity contribution in [3.8, 4) is 11.5 Å². The summed E-state index contributed by atoms with van der Waals surface area (Å²) in [5, 5.41) is 4.26. The van der Waals surface area contributed by atoms with Crippen molar-refractivity contribution in [3.05, 3.63) is 23.9 Å². The molecule has 21 heavy (non-hydrogen) atoms. The fourth-order valence-corrected chi connectivity index (χ4v) is 2.08. The average molecular weight is 287 g/mol. The number of ether oxygens (including phenoxy) is 3. The van der Waals surface area contributed by atoms with Crippen molar-refractivity contribution < 1.29 is 19.0 Å². The van der Waals surface area contributed by atoms with Gasteiger partial charge in [0.25, 0.3) is 0 Å². The Kier molecular flexibility index (Phi) is 3.21. The van der Waals surface area contributed by atoms with Gasteiger partial charge in [-0.25, -0.2) is 4.79 Å². The summed E-state index contributed by atoms with van der Waals surface area (Å²) in [6.07, 6.45) is 1.35. The lowest BCUT2D eigenvalue weighted by Crippen LogP contribution is -2.06. The predicted octanol–water partition coefficient (Wildman–Crippen LogP) is 2.32. The van der Waals surface area contributed by atoms with Crippen LogP contribution in [-0.2, 0) is 4.74 Å². The number of fused-ring (bicyclic) bond motifs is 2. The Morgan fingerprint density at radius 3 is 2.95 bits per heavy atom. The van der Waals surface area contributed by atoms with Crippen LogP contribution < -0.4 is 14.4 Å². The molecule has 3 rings (SSSR count). The number of nitrogens with zero attached hydrogens (tertiary/aromatic N) is 3. The predicted molar refractivity (Wildman–Crippen MR) is 70.8 cm³/mol. The molecule has 1 aliphatic heterocycles. The van der Waals surface area contributed by atoms with Gasteiger partial charge in [-0.05, 0) is 13.0 Å². The van der Waals surface area contributed by atoms with Crippen LogP contribution in [0.25, 0.3) is 10.9 Å². The summed E-state index contributed by atoms with van der Waals surface area (Å²) in [5.74, 6) is 0.548. The first-order valence-corrected chi connectivity index (χ1v) is 6.21. The number of aromatic nitrogens is 1. The van der Waals surface area contributed by atoms with Gasteiger partial charge >= 0.3 is 5.97 Å². The molecular weight excluding hydrogens is 276 g/mol. The van der Waals surface area contributed by atoms with Gasteiger partial charge in [0.1, 0.15) is 11.1 Å². The highest BCUT2D eigenvalue weighted by Gasteiger charge is 2.23. The molecule has 1 aromatic heterocycles. The van der Waals surface area contributed by atoms with Crippen molar-refractivity contribution in [1.82, 2.24) is 9.90 Å². The van der Waals surface area contributed by atoms with E-state index in [0.717, 1.165) is 0 Å². The van der Waals surface area contributed by atoms with Crippen molar-refractivity contribution in [1.29, 1.82) is 5.53 Å². The van der Waals surface area contributed by atoms with E-state index in [1.165, 1.54) is 6.20 Å². The molecule has 0 fully saturated rings. The molecule has 0 radical (unpaired) electrons. The molecule has 0 saturated heterocycles. The van der Waals surface area contributed by atoms with Crippen LogP contribution in [-0.4, -0.2) is 24.4 Å². The van der Waals surface area contributed by atoms with E-state index in [9.17, 15) is 4.79 Å². The third-order valence-electron chi connectivity index (χ3n) is 2.98. The number of carbonyl (C=O) groups excluding carboxylic acids is 1. The van der Waals surface area contributed by atoms with E-state index in [4.69, 9.17) is 19.7 Å². The van der Waals surface area contributed by atoms with Crippen molar-refractivity contribution in [3.63, 3.8) is 0 Å². The number of benzene rings is 1. The van der Waals surface area contributed by atoms with Gasteiger partial charge in [-0.2, -0.15) is 0 Å². The van der Waals surface area contributed by atoms with Crippen LogP contribution in [0.15, 0.2) is 23.4 Å². The Labute approximate surface area is 118 Å². The van der Waals surface area contributed by atoms with Gasteiger partial charge in [0, 0.05) is 17.6 Å². The Morgan fingerprint density at radius 1 is 1.48 bits per heavy atom. The molecule has 8 nitrogen and oxygen atoms in total. The zero-order chi connectivity index (χ0) is 14.8. The quantitative estimate of drug-likeness (QED) is 0.529. The number of carbonyl (C=O) groups is 1. The lowest BCUT2D eigenvalue weighted by Gasteiger charge is -2.05. The topological polar surface area (TPSA) is 108 Å². The molecule has 106 valence electrons. The van der Waals surface area contributed by atoms with Crippen LogP contribution in [0.3, 0.4) is 0 Å². The number of nitrogens with one attached hydrogen (secondary N) is 1. The molecule has 0 aliphatic carbocycles. The van der Waals surface area contributed by atoms with Gasteiger partial charge < -0.3 is 14.2 Å². The molecule has 2 heterocycles. The van der Waals surface area contributed by atoms with Gasteiger partial charge in [-0.1, -0.05) is 0 Å². The highest BCUT2D eigenvalue weighted by atomic mass is 16.7. The van der Waals surface area contributed by atoms with Crippen LogP contribution in [0.1, 0.15) is 17.3 Å². The van der Waals surface area contributed by atoms with Gasteiger partial charge in [0.2, 0.25) is 11.7 Å². The summed E-state index contributed by atoms with van der Waals surface area (Å²) >= 11 is 0. The second-order valence-corrected chi connectivity index (χ2v) is 4.16. The summed E-state index contributed by atoms with van der Waals surface area (Å²) < 4.78 is 15.5. The third kappa shape index (κ3) is 2.17. The first kappa shape index (κ1) is 13.0. The third-order valence-corrected chi connectivity index (χ3v) is 2.98. The maximum atomic E-state index is 11.9. The standard InChI is InChI=1S/C13H11N4O4/c1-2-19-13(18)8-5-15-9-4-11-10(20-6-21-11)3-7(9)12(8)16-17-14/h3-5,14H,2,6H2,1H3/q+1. The van der Waals surface area contributed by atoms with Crippen LogP contribution >= 0.6 is 0 Å². The molecule has 0 spiro atoms. The minimum atomic E-state index is -0.563. The monoisotopic (exact) mass is 287 g/mol. The number of pyridine rings is 1. The summed E-state index contributed by atoms with van der Waals surface area (Å²) in [4.78, 5) is 19.2. The van der Waals surface area contributed by atoms with E-state index in [0.29, 0.717) is 22.4 Å². The molecule has 1 aliphatic rings. The summed E-state index contributed by atoms with van der Waals surface area (Å²) in [7, 11) is 0. The first-order valence-electron chi connectivity index (χ1n) is 6.21. The van der Waals surface area contributed by atoms with E-state index < -0.39 is 5.97 Å². The van der Waals surface area contributed by atoms with Gasteiger partial charge in [0.05, 0.1) is 12.1 Å². The minimum absolute atomic E-state index is 0.131. The van der Waals surface area contributed by atoms with Crippen molar-refractivity contribution in [2.24, 2.45) is 5.11 Å². The van der Waals surface area contributed by atoms with E-state index in [1.54, 1.807) is 19.1 Å². The lowest BCUT2D eigenvalue weighted by atomic mass is 10.1. The highest BCUT2D eigenvalue weighted by Crippen LogP contribution is 2.39. The second-order valence-electron chi connectivity index (χ2n) is 4.16. The SMILES string of the molecule is CCOC(=O)c1cnc2cc3c(cc2c1N=[N+]=N)OCO3. The van der Waals surface area contributed by atoms with Crippen molar-refractivity contribution in [2.45, 2.75) is 6.92 Å². The molecule has 1 N–H and O–H groups in total. The van der Waals surface area contributed by atoms with Crippen LogP contribution in [0.5, 0.6) is 11.5 Å². The summed E-state index contributed by atoms with van der Waals surface area (Å²) in [6.45, 7) is 2.07. The first-order chi connectivity index (χ1) is 10.2. The highest BCUT2D eigenvalue weighted by molar-refractivity contribution is 6.04. The van der Waals surface area contributed by atoms with Crippen LogP contribution in [0.2, 0.25) is 0 Å².